The predicted molar refractivity (Wildman–Crippen MR) is 89.9 cm³/mol. The second-order valence-electron chi connectivity index (χ2n) is 5.56. The first-order chi connectivity index (χ1) is 9.76. The summed E-state index contributed by atoms with van der Waals surface area (Å²) in [6.45, 7) is 7.13. The Morgan fingerprint density at radius 1 is 1.33 bits per heavy atom. The second kappa shape index (κ2) is 8.14. The Morgan fingerprint density at radius 2 is 2.00 bits per heavy atom. The molecule has 0 saturated heterocycles. The van der Waals surface area contributed by atoms with Gasteiger partial charge in [-0.15, -0.1) is 0 Å². The summed E-state index contributed by atoms with van der Waals surface area (Å²) < 4.78 is 10.9. The molecule has 1 aromatic rings. The molecule has 0 radical (unpaired) electrons. The van der Waals surface area contributed by atoms with Crippen LogP contribution in [-0.4, -0.2) is 19.3 Å². The number of halogens is 3. The van der Waals surface area contributed by atoms with Crippen molar-refractivity contribution < 1.29 is 9.47 Å². The average Bonchev–Trinajstić information content (AvgIpc) is 2.42. The largest absolute Gasteiger partial charge is 0.493 e. The van der Waals surface area contributed by atoms with E-state index in [4.69, 9.17) is 44.3 Å². The molecule has 1 N–H and O–H groups in total. The van der Waals surface area contributed by atoms with E-state index in [0.29, 0.717) is 28.1 Å². The number of hydrogen-bond donors (Lipinski definition) is 1. The minimum Gasteiger partial charge on any atom is -0.493 e. The fourth-order valence-electron chi connectivity index (χ4n) is 1.56. The van der Waals surface area contributed by atoms with Gasteiger partial charge in [0.15, 0.2) is 11.5 Å². The lowest BCUT2D eigenvalue weighted by molar-refractivity contribution is 0.323. The lowest BCUT2D eigenvalue weighted by Gasteiger charge is -2.21. The van der Waals surface area contributed by atoms with Crippen LogP contribution in [0.2, 0.25) is 5.02 Å². The number of hydrogen-bond acceptors (Lipinski definition) is 3. The van der Waals surface area contributed by atoms with Crippen molar-refractivity contribution in [2.24, 2.45) is 0 Å². The van der Waals surface area contributed by atoms with Gasteiger partial charge in [-0.1, -0.05) is 34.8 Å². The molecule has 0 aliphatic heterocycles. The van der Waals surface area contributed by atoms with Gasteiger partial charge in [-0.25, -0.2) is 0 Å². The summed E-state index contributed by atoms with van der Waals surface area (Å²) in [5.41, 5.74) is 2.29. The zero-order valence-corrected chi connectivity index (χ0v) is 14.9. The van der Waals surface area contributed by atoms with Crippen LogP contribution in [0.15, 0.2) is 22.7 Å². The minimum atomic E-state index is 0.0214. The fourth-order valence-corrected chi connectivity index (χ4v) is 1.96. The Bertz CT molecular complexity index is 510. The first-order valence-corrected chi connectivity index (χ1v) is 7.65. The van der Waals surface area contributed by atoms with Gasteiger partial charge in [-0.2, -0.15) is 0 Å². The predicted octanol–water partition coefficient (Wildman–Crippen LogP) is 4.93. The van der Waals surface area contributed by atoms with E-state index >= 15 is 0 Å². The average molecular weight is 353 g/mol. The summed E-state index contributed by atoms with van der Waals surface area (Å²) in [4.78, 5) is 0. The van der Waals surface area contributed by atoms with E-state index in [2.05, 4.69) is 26.1 Å². The third kappa shape index (κ3) is 6.35. The molecule has 0 atom stereocenters. The van der Waals surface area contributed by atoms with Gasteiger partial charge in [0, 0.05) is 17.6 Å². The van der Waals surface area contributed by atoms with E-state index in [0.717, 1.165) is 5.56 Å². The highest BCUT2D eigenvalue weighted by Crippen LogP contribution is 2.37. The summed E-state index contributed by atoms with van der Waals surface area (Å²) in [6.07, 6.45) is 0. The van der Waals surface area contributed by atoms with Crippen LogP contribution < -0.4 is 14.8 Å². The highest BCUT2D eigenvalue weighted by atomic mass is 35.5. The van der Waals surface area contributed by atoms with Crippen LogP contribution in [-0.2, 0) is 6.54 Å². The summed E-state index contributed by atoms with van der Waals surface area (Å²) in [5.74, 6) is 1.02. The van der Waals surface area contributed by atoms with E-state index in [1.54, 1.807) is 7.11 Å². The minimum absolute atomic E-state index is 0.0214. The number of nitrogens with one attached hydrogen (secondary N) is 1. The highest BCUT2D eigenvalue weighted by Gasteiger charge is 2.14. The first kappa shape index (κ1) is 18.4. The molecule has 0 fully saturated rings. The second-order valence-corrected chi connectivity index (χ2v) is 6.67. The SMILES string of the molecule is COc1cc(CNC(C)(C)C)cc(Cl)c1OCC(Cl)=CCl. The lowest BCUT2D eigenvalue weighted by atomic mass is 10.1. The van der Waals surface area contributed by atoms with Crippen molar-refractivity contribution in [2.45, 2.75) is 32.9 Å². The van der Waals surface area contributed by atoms with Crippen LogP contribution in [0.1, 0.15) is 26.3 Å². The molecule has 118 valence electrons. The van der Waals surface area contributed by atoms with Crippen molar-refractivity contribution in [3.05, 3.63) is 33.3 Å². The molecule has 0 saturated carbocycles. The Labute approximate surface area is 141 Å². The molecule has 1 rings (SSSR count). The van der Waals surface area contributed by atoms with Crippen molar-refractivity contribution in [3.63, 3.8) is 0 Å². The third-order valence-corrected chi connectivity index (χ3v) is 3.46. The quantitative estimate of drug-likeness (QED) is 0.787. The molecule has 0 bridgehead atoms. The number of ether oxygens (including phenoxy) is 2. The first-order valence-electron chi connectivity index (χ1n) is 6.46. The van der Waals surface area contributed by atoms with Crippen molar-refractivity contribution in [2.75, 3.05) is 13.7 Å². The molecule has 0 amide bonds. The van der Waals surface area contributed by atoms with Crippen LogP contribution in [0.4, 0.5) is 0 Å². The van der Waals surface area contributed by atoms with E-state index in [9.17, 15) is 0 Å². The summed E-state index contributed by atoms with van der Waals surface area (Å²) in [7, 11) is 1.57. The van der Waals surface area contributed by atoms with Crippen LogP contribution in [0.5, 0.6) is 11.5 Å². The van der Waals surface area contributed by atoms with Gasteiger partial charge in [0.25, 0.3) is 0 Å². The molecule has 3 nitrogen and oxygen atoms in total. The normalized spacial score (nSPS) is 12.4. The molecule has 6 heteroatoms. The molecule has 0 heterocycles. The fraction of sp³-hybridized carbons (Fsp3) is 0.467. The van der Waals surface area contributed by atoms with Crippen molar-refractivity contribution >= 4 is 34.8 Å². The van der Waals surface area contributed by atoms with Crippen LogP contribution in [0, 0.1) is 0 Å². The van der Waals surface area contributed by atoms with E-state index < -0.39 is 0 Å². The zero-order chi connectivity index (χ0) is 16.0. The highest BCUT2D eigenvalue weighted by molar-refractivity contribution is 6.36. The topological polar surface area (TPSA) is 30.5 Å². The Kier molecular flexibility index (Phi) is 7.14. The van der Waals surface area contributed by atoms with E-state index in [1.807, 2.05) is 12.1 Å². The third-order valence-electron chi connectivity index (χ3n) is 2.58. The number of methoxy groups -OCH3 is 1. The van der Waals surface area contributed by atoms with Gasteiger partial charge in [-0.3, -0.25) is 0 Å². The lowest BCUT2D eigenvalue weighted by Crippen LogP contribution is -2.35. The maximum Gasteiger partial charge on any atom is 0.180 e. The van der Waals surface area contributed by atoms with Crippen molar-refractivity contribution in [1.29, 1.82) is 0 Å². The van der Waals surface area contributed by atoms with Crippen molar-refractivity contribution in [1.82, 2.24) is 5.32 Å². The van der Waals surface area contributed by atoms with Gasteiger partial charge < -0.3 is 14.8 Å². The Hall–Kier alpha value is -0.610. The zero-order valence-electron chi connectivity index (χ0n) is 12.6. The van der Waals surface area contributed by atoms with Gasteiger partial charge in [0.2, 0.25) is 0 Å². The molecule has 21 heavy (non-hydrogen) atoms. The molecular formula is C15H20Cl3NO2. The molecule has 0 aliphatic carbocycles. The summed E-state index contributed by atoms with van der Waals surface area (Å²) in [6, 6.07) is 3.73. The molecule has 0 aliphatic rings. The molecule has 0 aromatic heterocycles. The Balaban J connectivity index is 2.91. The maximum absolute atomic E-state index is 6.26. The van der Waals surface area contributed by atoms with Crippen LogP contribution in [0.3, 0.4) is 0 Å². The van der Waals surface area contributed by atoms with Gasteiger partial charge in [-0.05, 0) is 38.5 Å². The van der Waals surface area contributed by atoms with E-state index in [-0.39, 0.29) is 12.1 Å². The summed E-state index contributed by atoms with van der Waals surface area (Å²) in [5, 5.41) is 4.25. The molecule has 1 aromatic carbocycles. The Morgan fingerprint density at radius 3 is 2.52 bits per heavy atom. The monoisotopic (exact) mass is 351 g/mol. The molecule has 0 unspecified atom stereocenters. The standard InChI is InChI=1S/C15H20Cl3NO2/c1-15(2,3)19-8-10-5-12(18)14(13(6-10)20-4)21-9-11(17)7-16/h5-7,19H,8-9H2,1-4H3. The van der Waals surface area contributed by atoms with Gasteiger partial charge >= 0.3 is 0 Å². The van der Waals surface area contributed by atoms with E-state index in [1.165, 1.54) is 5.54 Å². The van der Waals surface area contributed by atoms with Gasteiger partial charge in [0.1, 0.15) is 6.61 Å². The maximum atomic E-state index is 6.26. The number of rotatable bonds is 6. The van der Waals surface area contributed by atoms with Crippen LogP contribution in [0.25, 0.3) is 0 Å². The number of benzene rings is 1. The smallest absolute Gasteiger partial charge is 0.180 e. The van der Waals surface area contributed by atoms with Crippen molar-refractivity contribution in [3.8, 4) is 11.5 Å². The van der Waals surface area contributed by atoms with Gasteiger partial charge in [0.05, 0.1) is 17.2 Å². The van der Waals surface area contributed by atoms with Crippen LogP contribution >= 0.6 is 34.8 Å². The molecular weight excluding hydrogens is 333 g/mol. The molecule has 0 spiro atoms. The summed E-state index contributed by atoms with van der Waals surface area (Å²) >= 11 is 17.6.